The molecule has 0 atom stereocenters. The van der Waals surface area contributed by atoms with Crippen molar-refractivity contribution in [3.8, 4) is 0 Å². The predicted octanol–water partition coefficient (Wildman–Crippen LogP) is 3.11. The Balaban J connectivity index is 2.66. The lowest BCUT2D eigenvalue weighted by Gasteiger charge is -1.99. The van der Waals surface area contributed by atoms with Gasteiger partial charge < -0.3 is 0 Å². The molecular weight excluding hydrogens is 198 g/mol. The Morgan fingerprint density at radius 3 is 2.56 bits per heavy atom. The molecule has 0 bridgehead atoms. The van der Waals surface area contributed by atoms with Crippen LogP contribution >= 0.6 is 0 Å². The highest BCUT2D eigenvalue weighted by Crippen LogP contribution is 2.05. The Labute approximate surface area is 96.7 Å². The molecule has 0 saturated heterocycles. The molecule has 0 N–H and O–H groups in total. The molecule has 0 aliphatic carbocycles. The van der Waals surface area contributed by atoms with Crippen LogP contribution in [0.2, 0.25) is 0 Å². The third-order valence-corrected chi connectivity index (χ3v) is 2.01. The fourth-order valence-electron chi connectivity index (χ4n) is 1.41. The van der Waals surface area contributed by atoms with Crippen LogP contribution in [0.3, 0.4) is 0 Å². The van der Waals surface area contributed by atoms with E-state index in [1.807, 2.05) is 39.0 Å². The minimum absolute atomic E-state index is 0.0495. The van der Waals surface area contributed by atoms with Crippen molar-refractivity contribution in [2.24, 2.45) is 0 Å². The summed E-state index contributed by atoms with van der Waals surface area (Å²) in [5.41, 5.74) is 3.04. The Morgan fingerprint density at radius 2 is 2.00 bits per heavy atom. The van der Waals surface area contributed by atoms with Gasteiger partial charge in [-0.2, -0.15) is 0 Å². The van der Waals surface area contributed by atoms with Gasteiger partial charge in [0.15, 0.2) is 5.78 Å². The summed E-state index contributed by atoms with van der Waals surface area (Å²) in [4.78, 5) is 15.7. The van der Waals surface area contributed by atoms with Crippen LogP contribution < -0.4 is 0 Å². The number of carbonyl (C=O) groups is 1. The van der Waals surface area contributed by atoms with Crippen LogP contribution in [0.15, 0.2) is 47.7 Å². The average Bonchev–Trinajstić information content (AvgIpc) is 2.17. The molecule has 16 heavy (non-hydrogen) atoms. The molecule has 1 aromatic rings. The third kappa shape index (κ3) is 4.69. The number of nitrogens with zero attached hydrogens (tertiary/aromatic N) is 1. The van der Waals surface area contributed by atoms with E-state index in [0.717, 1.165) is 23.3 Å². The fraction of sp³-hybridized carbons (Fsp3) is 0.286. The maximum atomic E-state index is 11.5. The zero-order valence-corrected chi connectivity index (χ0v) is 10.0. The Kier molecular flexibility index (Phi) is 4.65. The summed E-state index contributed by atoms with van der Waals surface area (Å²) in [5.74, 6) is 0.0495. The number of ketones is 1. The molecule has 0 aromatic carbocycles. The van der Waals surface area contributed by atoms with Gasteiger partial charge in [-0.1, -0.05) is 17.2 Å². The zero-order chi connectivity index (χ0) is 12.0. The molecule has 84 valence electrons. The van der Waals surface area contributed by atoms with E-state index in [2.05, 4.69) is 4.98 Å². The quantitative estimate of drug-likeness (QED) is 0.722. The van der Waals surface area contributed by atoms with E-state index in [0.29, 0.717) is 0 Å². The molecular formula is C14H17NO. The minimum atomic E-state index is 0.0495. The molecule has 0 aliphatic rings. The number of hydrogen-bond donors (Lipinski definition) is 0. The lowest BCUT2D eigenvalue weighted by Crippen LogP contribution is -1.94. The van der Waals surface area contributed by atoms with Gasteiger partial charge >= 0.3 is 0 Å². The molecule has 2 heteroatoms. The van der Waals surface area contributed by atoms with Crippen molar-refractivity contribution in [1.82, 2.24) is 4.98 Å². The summed E-state index contributed by atoms with van der Waals surface area (Å²) in [6.45, 7) is 5.78. The first-order chi connectivity index (χ1) is 7.58. The van der Waals surface area contributed by atoms with E-state index < -0.39 is 0 Å². The van der Waals surface area contributed by atoms with Crippen LogP contribution in [0.25, 0.3) is 0 Å². The van der Waals surface area contributed by atoms with Crippen LogP contribution in [-0.4, -0.2) is 10.8 Å². The molecule has 2 nitrogen and oxygen atoms in total. The highest BCUT2D eigenvalue weighted by molar-refractivity contribution is 6.00. The number of aromatic nitrogens is 1. The van der Waals surface area contributed by atoms with Crippen molar-refractivity contribution in [1.29, 1.82) is 0 Å². The molecule has 1 heterocycles. The van der Waals surface area contributed by atoms with E-state index in [-0.39, 0.29) is 5.78 Å². The second-order valence-electron chi connectivity index (χ2n) is 4.11. The lowest BCUT2D eigenvalue weighted by molar-refractivity contribution is -0.110. The molecule has 0 spiro atoms. The van der Waals surface area contributed by atoms with E-state index in [9.17, 15) is 4.79 Å². The van der Waals surface area contributed by atoms with Gasteiger partial charge in [0.2, 0.25) is 0 Å². The molecule has 0 unspecified atom stereocenters. The van der Waals surface area contributed by atoms with Gasteiger partial charge in [-0.15, -0.1) is 0 Å². The largest absolute Gasteiger partial charge is 0.290 e. The number of pyridine rings is 1. The number of hydrogen-bond acceptors (Lipinski definition) is 2. The summed E-state index contributed by atoms with van der Waals surface area (Å²) in [6.07, 6.45) is 5.80. The van der Waals surface area contributed by atoms with Gasteiger partial charge in [0.05, 0.1) is 0 Å². The summed E-state index contributed by atoms with van der Waals surface area (Å²) >= 11 is 0. The molecule has 0 aliphatic heterocycles. The van der Waals surface area contributed by atoms with Crippen molar-refractivity contribution in [3.05, 3.63) is 53.4 Å². The first-order valence-corrected chi connectivity index (χ1v) is 5.34. The van der Waals surface area contributed by atoms with Gasteiger partial charge in [-0.05, 0) is 45.1 Å². The first kappa shape index (κ1) is 12.4. The summed E-state index contributed by atoms with van der Waals surface area (Å²) < 4.78 is 0. The summed E-state index contributed by atoms with van der Waals surface area (Å²) in [7, 11) is 0. The van der Waals surface area contributed by atoms with Gasteiger partial charge in [0, 0.05) is 18.3 Å². The number of allylic oxidation sites excluding steroid dienone is 4. The molecule has 1 rings (SSSR count). The van der Waals surface area contributed by atoms with Crippen LogP contribution in [0.4, 0.5) is 0 Å². The topological polar surface area (TPSA) is 30.0 Å². The monoisotopic (exact) mass is 215 g/mol. The molecule has 0 saturated carbocycles. The highest BCUT2D eigenvalue weighted by atomic mass is 16.1. The lowest BCUT2D eigenvalue weighted by atomic mass is 10.1. The Hall–Kier alpha value is -1.70. The zero-order valence-electron chi connectivity index (χ0n) is 10.0. The number of carbonyl (C=O) groups excluding carboxylic acids is 1. The van der Waals surface area contributed by atoms with Gasteiger partial charge in [0.25, 0.3) is 0 Å². The summed E-state index contributed by atoms with van der Waals surface area (Å²) in [5, 5.41) is 0. The third-order valence-electron chi connectivity index (χ3n) is 2.01. The second-order valence-corrected chi connectivity index (χ2v) is 4.11. The van der Waals surface area contributed by atoms with E-state index in [1.54, 1.807) is 18.3 Å². The van der Waals surface area contributed by atoms with Gasteiger partial charge in [-0.25, -0.2) is 0 Å². The first-order valence-electron chi connectivity index (χ1n) is 5.34. The van der Waals surface area contributed by atoms with Crippen LogP contribution in [-0.2, 0) is 11.2 Å². The van der Waals surface area contributed by atoms with Crippen LogP contribution in [0.1, 0.15) is 26.5 Å². The van der Waals surface area contributed by atoms with Crippen LogP contribution in [0, 0.1) is 0 Å². The molecule has 0 fully saturated rings. The van der Waals surface area contributed by atoms with Gasteiger partial charge in [-0.3, -0.25) is 9.78 Å². The highest BCUT2D eigenvalue weighted by Gasteiger charge is 1.98. The van der Waals surface area contributed by atoms with Crippen molar-refractivity contribution in [2.75, 3.05) is 0 Å². The summed E-state index contributed by atoms with van der Waals surface area (Å²) in [6, 6.07) is 5.80. The van der Waals surface area contributed by atoms with E-state index in [1.165, 1.54) is 0 Å². The normalized spacial score (nSPS) is 11.1. The minimum Gasteiger partial charge on any atom is -0.290 e. The SMILES string of the molecule is CC(C)=CC(=O)C=C(C)Cc1ccccn1. The Morgan fingerprint density at radius 1 is 1.25 bits per heavy atom. The van der Waals surface area contributed by atoms with E-state index >= 15 is 0 Å². The van der Waals surface area contributed by atoms with E-state index in [4.69, 9.17) is 0 Å². The van der Waals surface area contributed by atoms with Gasteiger partial charge in [0.1, 0.15) is 0 Å². The molecule has 0 amide bonds. The maximum Gasteiger partial charge on any atom is 0.178 e. The Bertz CT molecular complexity index is 412. The average molecular weight is 215 g/mol. The number of rotatable bonds is 4. The van der Waals surface area contributed by atoms with Crippen molar-refractivity contribution >= 4 is 5.78 Å². The maximum absolute atomic E-state index is 11.5. The molecule has 1 aromatic heterocycles. The van der Waals surface area contributed by atoms with Crippen molar-refractivity contribution < 1.29 is 4.79 Å². The van der Waals surface area contributed by atoms with Crippen molar-refractivity contribution in [3.63, 3.8) is 0 Å². The second kappa shape index (κ2) is 6.01. The van der Waals surface area contributed by atoms with Crippen LogP contribution in [0.5, 0.6) is 0 Å². The van der Waals surface area contributed by atoms with Crippen molar-refractivity contribution in [2.45, 2.75) is 27.2 Å². The predicted molar refractivity (Wildman–Crippen MR) is 66.1 cm³/mol. The smallest absolute Gasteiger partial charge is 0.178 e. The fourth-order valence-corrected chi connectivity index (χ4v) is 1.41. The molecule has 0 radical (unpaired) electrons. The standard InChI is InChI=1S/C14H17NO/c1-11(2)8-14(16)10-12(3)9-13-6-4-5-7-15-13/h4-8,10H,9H2,1-3H3.